The highest BCUT2D eigenvalue weighted by Crippen LogP contribution is 2.36. The van der Waals surface area contributed by atoms with Crippen LogP contribution in [0, 0.1) is 20.8 Å². The Hall–Kier alpha value is -2.66. The van der Waals surface area contributed by atoms with Gasteiger partial charge in [0.2, 0.25) is 0 Å². The Labute approximate surface area is 157 Å². The van der Waals surface area contributed by atoms with Crippen LogP contribution < -0.4 is 5.32 Å². The zero-order valence-electron chi connectivity index (χ0n) is 15.1. The van der Waals surface area contributed by atoms with Crippen molar-refractivity contribution in [3.63, 3.8) is 0 Å². The second kappa shape index (κ2) is 6.57. The van der Waals surface area contributed by atoms with Gasteiger partial charge in [-0.3, -0.25) is 9.78 Å². The number of carbonyl (C=O) groups excluding carboxylic acids is 1. The molecule has 3 heterocycles. The monoisotopic (exact) mass is 363 g/mol. The number of carbonyl (C=O) groups is 1. The van der Waals surface area contributed by atoms with Crippen LogP contribution >= 0.6 is 11.3 Å². The van der Waals surface area contributed by atoms with E-state index in [1.807, 2.05) is 28.5 Å². The van der Waals surface area contributed by atoms with Gasteiger partial charge in [0.05, 0.1) is 17.8 Å². The minimum Gasteiger partial charge on any atom is -0.360 e. The number of aryl methyl sites for hydroxylation is 3. The summed E-state index contributed by atoms with van der Waals surface area (Å²) >= 11 is 1.67. The fourth-order valence-electron chi connectivity index (χ4n) is 3.66. The Bertz CT molecular complexity index is 942. The van der Waals surface area contributed by atoms with Gasteiger partial charge in [-0.05, 0) is 55.5 Å². The molecular formula is C21H21N3OS. The van der Waals surface area contributed by atoms with Gasteiger partial charge >= 0.3 is 0 Å². The molecule has 0 saturated heterocycles. The van der Waals surface area contributed by atoms with Crippen molar-refractivity contribution in [2.75, 3.05) is 5.32 Å². The zero-order valence-corrected chi connectivity index (χ0v) is 15.9. The van der Waals surface area contributed by atoms with Gasteiger partial charge in [-0.25, -0.2) is 0 Å². The lowest BCUT2D eigenvalue weighted by atomic mass is 10.0. The first-order valence-electron chi connectivity index (χ1n) is 8.67. The van der Waals surface area contributed by atoms with E-state index < -0.39 is 0 Å². The molecule has 1 atom stereocenters. The number of benzene rings is 1. The Morgan fingerprint density at radius 1 is 1.15 bits per heavy atom. The lowest BCUT2D eigenvalue weighted by Crippen LogP contribution is -2.32. The number of rotatable bonds is 4. The molecule has 0 saturated carbocycles. The molecule has 4 nitrogen and oxygen atoms in total. The first-order chi connectivity index (χ1) is 12.5. The maximum atomic E-state index is 13.0. The average molecular weight is 363 g/mol. The highest BCUT2D eigenvalue weighted by molar-refractivity contribution is 7.09. The maximum absolute atomic E-state index is 13.0. The Kier molecular flexibility index (Phi) is 4.24. The number of nitrogens with one attached hydrogen (secondary N) is 1. The molecule has 3 aromatic rings. The third-order valence-electron chi connectivity index (χ3n) is 4.76. The number of hydrogen-bond donors (Lipinski definition) is 1. The van der Waals surface area contributed by atoms with Crippen LogP contribution in [0.5, 0.6) is 0 Å². The first-order valence-corrected chi connectivity index (χ1v) is 9.55. The van der Waals surface area contributed by atoms with Gasteiger partial charge in [0.25, 0.3) is 5.91 Å². The standard InChI is InChI=1S/C21H21N3OS/c1-13-10-14(2)18(15(3)11-13)23-20-19-17(7-4-8-22-19)21(25)24(20)12-16-6-5-9-26-16/h4-11,20,23H,12H2,1-3H3/t20-/m1/s1. The molecule has 4 rings (SSSR count). The van der Waals surface area contributed by atoms with Crippen LogP contribution in [0.4, 0.5) is 5.69 Å². The predicted molar refractivity (Wildman–Crippen MR) is 105 cm³/mol. The number of pyridine rings is 1. The van der Waals surface area contributed by atoms with E-state index >= 15 is 0 Å². The molecule has 1 aliphatic heterocycles. The fraction of sp³-hybridized carbons (Fsp3) is 0.238. The average Bonchev–Trinajstić information content (AvgIpc) is 3.20. The minimum absolute atomic E-state index is 0.0291. The normalized spacial score (nSPS) is 16.0. The molecular weight excluding hydrogens is 342 g/mol. The zero-order chi connectivity index (χ0) is 18.3. The van der Waals surface area contributed by atoms with Crippen LogP contribution in [0.3, 0.4) is 0 Å². The number of aromatic nitrogens is 1. The summed E-state index contributed by atoms with van der Waals surface area (Å²) < 4.78 is 0. The lowest BCUT2D eigenvalue weighted by molar-refractivity contribution is 0.0729. The molecule has 0 bridgehead atoms. The van der Waals surface area contributed by atoms with E-state index in [2.05, 4.69) is 49.3 Å². The number of amides is 1. The summed E-state index contributed by atoms with van der Waals surface area (Å²) in [5, 5.41) is 5.64. The molecule has 0 aliphatic carbocycles. The summed E-state index contributed by atoms with van der Waals surface area (Å²) in [5.41, 5.74) is 6.15. The summed E-state index contributed by atoms with van der Waals surface area (Å²) in [4.78, 5) is 20.6. The van der Waals surface area contributed by atoms with E-state index in [-0.39, 0.29) is 12.1 Å². The molecule has 0 fully saturated rings. The highest BCUT2D eigenvalue weighted by Gasteiger charge is 2.38. The van der Waals surface area contributed by atoms with Crippen LogP contribution in [-0.2, 0) is 6.54 Å². The molecule has 0 spiro atoms. The molecule has 1 amide bonds. The summed E-state index contributed by atoms with van der Waals surface area (Å²) in [6.45, 7) is 6.88. The van der Waals surface area contributed by atoms with Crippen molar-refractivity contribution in [1.29, 1.82) is 0 Å². The third kappa shape index (κ3) is 2.88. The van der Waals surface area contributed by atoms with Crippen LogP contribution in [-0.4, -0.2) is 15.8 Å². The van der Waals surface area contributed by atoms with Gasteiger partial charge < -0.3 is 10.2 Å². The van der Waals surface area contributed by atoms with Crippen molar-refractivity contribution in [3.8, 4) is 0 Å². The first kappa shape index (κ1) is 16.8. The van der Waals surface area contributed by atoms with Crippen LogP contribution in [0.15, 0.2) is 48.0 Å². The second-order valence-electron chi connectivity index (χ2n) is 6.77. The van der Waals surface area contributed by atoms with Crippen LogP contribution in [0.1, 0.15) is 43.8 Å². The topological polar surface area (TPSA) is 45.2 Å². The molecule has 5 heteroatoms. The molecule has 0 unspecified atom stereocenters. The minimum atomic E-state index is -0.263. The number of fused-ring (bicyclic) bond motifs is 1. The predicted octanol–water partition coefficient (Wildman–Crippen LogP) is 4.84. The lowest BCUT2D eigenvalue weighted by Gasteiger charge is -2.27. The van der Waals surface area contributed by atoms with Crippen LogP contribution in [0.2, 0.25) is 0 Å². The summed E-state index contributed by atoms with van der Waals surface area (Å²) in [6.07, 6.45) is 1.49. The van der Waals surface area contributed by atoms with Crippen molar-refractivity contribution in [1.82, 2.24) is 9.88 Å². The Morgan fingerprint density at radius 2 is 1.92 bits per heavy atom. The van der Waals surface area contributed by atoms with Crippen molar-refractivity contribution in [3.05, 3.63) is 80.8 Å². The summed E-state index contributed by atoms with van der Waals surface area (Å²) in [6, 6.07) is 12.1. The van der Waals surface area contributed by atoms with Crippen molar-refractivity contribution >= 4 is 22.9 Å². The number of thiophene rings is 1. The molecule has 132 valence electrons. The SMILES string of the molecule is Cc1cc(C)c(N[C@H]2c3ncccc3C(=O)N2Cc2cccs2)c(C)c1. The fourth-order valence-corrected chi connectivity index (χ4v) is 4.36. The highest BCUT2D eigenvalue weighted by atomic mass is 32.1. The van der Waals surface area contributed by atoms with E-state index in [0.717, 1.165) is 16.3 Å². The van der Waals surface area contributed by atoms with Gasteiger partial charge in [0.1, 0.15) is 6.17 Å². The number of nitrogens with zero attached hydrogens (tertiary/aromatic N) is 2. The van der Waals surface area contributed by atoms with E-state index in [1.165, 1.54) is 16.7 Å². The molecule has 1 N–H and O–H groups in total. The van der Waals surface area contributed by atoms with E-state index in [0.29, 0.717) is 12.1 Å². The largest absolute Gasteiger partial charge is 0.360 e. The third-order valence-corrected chi connectivity index (χ3v) is 5.63. The molecule has 1 aromatic carbocycles. The van der Waals surface area contributed by atoms with E-state index in [4.69, 9.17) is 0 Å². The second-order valence-corrected chi connectivity index (χ2v) is 7.80. The molecule has 1 aliphatic rings. The molecule has 2 aromatic heterocycles. The molecule has 26 heavy (non-hydrogen) atoms. The van der Waals surface area contributed by atoms with Crippen LogP contribution in [0.25, 0.3) is 0 Å². The van der Waals surface area contributed by atoms with Gasteiger partial charge in [-0.1, -0.05) is 23.8 Å². The Balaban J connectivity index is 1.74. The number of anilines is 1. The summed E-state index contributed by atoms with van der Waals surface area (Å²) in [7, 11) is 0. The van der Waals surface area contributed by atoms with Gasteiger partial charge in [-0.2, -0.15) is 0 Å². The summed E-state index contributed by atoms with van der Waals surface area (Å²) in [5.74, 6) is 0.0291. The Morgan fingerprint density at radius 3 is 2.62 bits per heavy atom. The molecule has 0 radical (unpaired) electrons. The van der Waals surface area contributed by atoms with Gasteiger partial charge in [0.15, 0.2) is 0 Å². The van der Waals surface area contributed by atoms with Gasteiger partial charge in [-0.15, -0.1) is 11.3 Å². The van der Waals surface area contributed by atoms with E-state index in [9.17, 15) is 4.79 Å². The quantitative estimate of drug-likeness (QED) is 0.722. The number of hydrogen-bond acceptors (Lipinski definition) is 4. The van der Waals surface area contributed by atoms with E-state index in [1.54, 1.807) is 17.5 Å². The van der Waals surface area contributed by atoms with Crippen molar-refractivity contribution in [2.45, 2.75) is 33.5 Å². The van der Waals surface area contributed by atoms with Crippen molar-refractivity contribution < 1.29 is 4.79 Å². The smallest absolute Gasteiger partial charge is 0.258 e. The van der Waals surface area contributed by atoms with Crippen molar-refractivity contribution in [2.24, 2.45) is 0 Å². The maximum Gasteiger partial charge on any atom is 0.258 e. The van der Waals surface area contributed by atoms with Gasteiger partial charge in [0, 0.05) is 16.8 Å².